The number of benzene rings is 1. The van der Waals surface area contributed by atoms with Crippen LogP contribution in [0.3, 0.4) is 0 Å². The van der Waals surface area contributed by atoms with Gasteiger partial charge in [0.1, 0.15) is 5.82 Å². The summed E-state index contributed by atoms with van der Waals surface area (Å²) in [4.78, 5) is 6.94. The van der Waals surface area contributed by atoms with Crippen molar-refractivity contribution in [1.82, 2.24) is 14.3 Å². The lowest BCUT2D eigenvalue weighted by Gasteiger charge is -2.16. The topological polar surface area (TPSA) is 92.1 Å². The van der Waals surface area contributed by atoms with E-state index in [1.807, 2.05) is 0 Å². The van der Waals surface area contributed by atoms with Crippen molar-refractivity contribution in [2.45, 2.75) is 11.4 Å². The van der Waals surface area contributed by atoms with Crippen molar-refractivity contribution in [2.75, 3.05) is 12.8 Å². The van der Waals surface area contributed by atoms with E-state index in [-0.39, 0.29) is 17.1 Å². The highest BCUT2D eigenvalue weighted by Crippen LogP contribution is 2.24. The first-order valence-corrected chi connectivity index (χ1v) is 7.22. The second kappa shape index (κ2) is 5.20. The molecule has 0 radical (unpaired) electrons. The quantitative estimate of drug-likeness (QED) is 0.836. The van der Waals surface area contributed by atoms with Gasteiger partial charge in [-0.25, -0.2) is 13.4 Å². The summed E-state index contributed by atoms with van der Waals surface area (Å²) in [5.74, 6) is 0.563. The molecule has 102 valence electrons. The lowest BCUT2D eigenvalue weighted by atomic mass is 10.3. The number of sulfonamides is 1. The molecule has 8 heteroatoms. The molecule has 0 aliphatic carbocycles. The van der Waals surface area contributed by atoms with Crippen LogP contribution in [0.2, 0.25) is 5.02 Å². The molecule has 0 aliphatic rings. The molecule has 1 heterocycles. The van der Waals surface area contributed by atoms with Crippen molar-refractivity contribution in [2.24, 2.45) is 0 Å². The predicted octanol–water partition coefficient (Wildman–Crippen LogP) is 1.47. The standard InChI is InChI=1S/C11H13ClN4O2S/c1-16(7-11-14-4-5-15-11)19(17,18)8-2-3-9(12)10(13)6-8/h2-6H,7,13H2,1H3,(H,14,15). The summed E-state index contributed by atoms with van der Waals surface area (Å²) in [5, 5.41) is 0.327. The number of aromatic amines is 1. The van der Waals surface area contributed by atoms with E-state index >= 15 is 0 Å². The number of imidazole rings is 1. The van der Waals surface area contributed by atoms with Gasteiger partial charge in [0.05, 0.1) is 22.2 Å². The van der Waals surface area contributed by atoms with E-state index in [1.54, 1.807) is 12.4 Å². The van der Waals surface area contributed by atoms with Gasteiger partial charge in [0.25, 0.3) is 0 Å². The maximum absolute atomic E-state index is 12.3. The summed E-state index contributed by atoms with van der Waals surface area (Å²) < 4.78 is 25.8. The van der Waals surface area contributed by atoms with E-state index in [2.05, 4.69) is 9.97 Å². The number of halogens is 1. The van der Waals surface area contributed by atoms with Crippen LogP contribution in [-0.2, 0) is 16.6 Å². The van der Waals surface area contributed by atoms with E-state index in [0.717, 1.165) is 0 Å². The Bertz CT molecular complexity index is 670. The van der Waals surface area contributed by atoms with Gasteiger partial charge in [-0.15, -0.1) is 0 Å². The number of nitrogens with two attached hydrogens (primary N) is 1. The van der Waals surface area contributed by atoms with Crippen LogP contribution in [0.1, 0.15) is 5.82 Å². The monoisotopic (exact) mass is 300 g/mol. The fourth-order valence-electron chi connectivity index (χ4n) is 1.54. The maximum Gasteiger partial charge on any atom is 0.243 e. The molecule has 1 aromatic carbocycles. The molecule has 3 N–H and O–H groups in total. The third kappa shape index (κ3) is 2.89. The Morgan fingerprint density at radius 2 is 2.21 bits per heavy atom. The number of nitrogens with zero attached hydrogens (tertiary/aromatic N) is 2. The predicted molar refractivity (Wildman–Crippen MR) is 73.1 cm³/mol. The molecule has 0 bridgehead atoms. The molecule has 6 nitrogen and oxygen atoms in total. The molecule has 2 rings (SSSR count). The molecule has 0 amide bonds. The maximum atomic E-state index is 12.3. The van der Waals surface area contributed by atoms with Crippen molar-refractivity contribution in [3.63, 3.8) is 0 Å². The highest BCUT2D eigenvalue weighted by atomic mass is 35.5. The average Bonchev–Trinajstić information content (AvgIpc) is 2.85. The largest absolute Gasteiger partial charge is 0.397 e. The summed E-state index contributed by atoms with van der Waals surface area (Å²) in [5.41, 5.74) is 5.85. The van der Waals surface area contributed by atoms with Crippen molar-refractivity contribution in [3.8, 4) is 0 Å². The molecule has 2 aromatic rings. The Morgan fingerprint density at radius 3 is 2.79 bits per heavy atom. The molecular weight excluding hydrogens is 288 g/mol. The van der Waals surface area contributed by atoms with Crippen LogP contribution in [0.25, 0.3) is 0 Å². The third-order valence-electron chi connectivity index (χ3n) is 2.60. The summed E-state index contributed by atoms with van der Waals surface area (Å²) in [7, 11) is -2.14. The lowest BCUT2D eigenvalue weighted by molar-refractivity contribution is 0.458. The zero-order chi connectivity index (χ0) is 14.0. The highest BCUT2D eigenvalue weighted by Gasteiger charge is 2.22. The Labute approximate surface area is 116 Å². The molecule has 0 saturated heterocycles. The number of aromatic nitrogens is 2. The van der Waals surface area contributed by atoms with Crippen LogP contribution < -0.4 is 5.73 Å². The average molecular weight is 301 g/mol. The second-order valence-corrected chi connectivity index (χ2v) is 6.43. The van der Waals surface area contributed by atoms with E-state index in [0.29, 0.717) is 10.8 Å². The van der Waals surface area contributed by atoms with E-state index < -0.39 is 10.0 Å². The van der Waals surface area contributed by atoms with Crippen LogP contribution in [0.5, 0.6) is 0 Å². The summed E-state index contributed by atoms with van der Waals surface area (Å²) in [6.07, 6.45) is 3.20. The highest BCUT2D eigenvalue weighted by molar-refractivity contribution is 7.89. The number of rotatable bonds is 4. The molecule has 19 heavy (non-hydrogen) atoms. The minimum Gasteiger partial charge on any atom is -0.397 e. The first kappa shape index (κ1) is 13.9. The van der Waals surface area contributed by atoms with Gasteiger partial charge in [-0.2, -0.15) is 4.31 Å². The zero-order valence-electron chi connectivity index (χ0n) is 10.2. The van der Waals surface area contributed by atoms with Crippen LogP contribution in [0, 0.1) is 0 Å². The molecule has 0 spiro atoms. The Hall–Kier alpha value is -1.57. The SMILES string of the molecule is CN(Cc1ncc[nH]1)S(=O)(=O)c1ccc(Cl)c(N)c1. The van der Waals surface area contributed by atoms with Gasteiger partial charge in [-0.1, -0.05) is 11.6 Å². The van der Waals surface area contributed by atoms with E-state index in [1.165, 1.54) is 29.6 Å². The Kier molecular flexibility index (Phi) is 3.79. The van der Waals surface area contributed by atoms with Crippen molar-refractivity contribution in [1.29, 1.82) is 0 Å². The number of nitrogen functional groups attached to an aromatic ring is 1. The van der Waals surface area contributed by atoms with E-state index in [4.69, 9.17) is 17.3 Å². The molecule has 0 saturated carbocycles. The number of hydrogen-bond acceptors (Lipinski definition) is 4. The summed E-state index contributed by atoms with van der Waals surface area (Å²) in [6.45, 7) is 0.151. The smallest absolute Gasteiger partial charge is 0.243 e. The van der Waals surface area contributed by atoms with Gasteiger partial charge < -0.3 is 10.7 Å². The molecule has 0 aliphatic heterocycles. The first-order valence-electron chi connectivity index (χ1n) is 5.41. The van der Waals surface area contributed by atoms with Crippen LogP contribution in [0.4, 0.5) is 5.69 Å². The molecule has 1 aromatic heterocycles. The number of H-pyrrole nitrogens is 1. The van der Waals surface area contributed by atoms with Gasteiger partial charge in [0, 0.05) is 19.4 Å². The van der Waals surface area contributed by atoms with Crippen LogP contribution >= 0.6 is 11.6 Å². The van der Waals surface area contributed by atoms with Gasteiger partial charge in [0.2, 0.25) is 10.0 Å². The second-order valence-electron chi connectivity index (χ2n) is 3.98. The molecule has 0 fully saturated rings. The molecule has 0 unspecified atom stereocenters. The third-order valence-corrected chi connectivity index (χ3v) is 4.75. The van der Waals surface area contributed by atoms with Crippen molar-refractivity contribution >= 4 is 27.3 Å². The van der Waals surface area contributed by atoms with Crippen molar-refractivity contribution < 1.29 is 8.42 Å². The van der Waals surface area contributed by atoms with Gasteiger partial charge in [-0.3, -0.25) is 0 Å². The summed E-state index contributed by atoms with van der Waals surface area (Å²) >= 11 is 5.78. The van der Waals surface area contributed by atoms with Gasteiger partial charge in [0.15, 0.2) is 0 Å². The number of anilines is 1. The zero-order valence-corrected chi connectivity index (χ0v) is 11.7. The minimum atomic E-state index is -3.62. The van der Waals surface area contributed by atoms with Crippen molar-refractivity contribution in [3.05, 3.63) is 41.4 Å². The lowest BCUT2D eigenvalue weighted by Crippen LogP contribution is -2.27. The normalized spacial score (nSPS) is 11.9. The van der Waals surface area contributed by atoms with Crippen LogP contribution in [0.15, 0.2) is 35.5 Å². The summed E-state index contributed by atoms with van der Waals surface area (Å²) in [6, 6.07) is 4.23. The van der Waals surface area contributed by atoms with Crippen LogP contribution in [-0.4, -0.2) is 29.7 Å². The number of nitrogens with one attached hydrogen (secondary N) is 1. The Morgan fingerprint density at radius 1 is 1.47 bits per heavy atom. The fourth-order valence-corrected chi connectivity index (χ4v) is 2.83. The first-order chi connectivity index (χ1) is 8.91. The van der Waals surface area contributed by atoms with Gasteiger partial charge in [-0.05, 0) is 18.2 Å². The molecule has 0 atom stereocenters. The fraction of sp³-hybridized carbons (Fsp3) is 0.182. The van der Waals surface area contributed by atoms with E-state index in [9.17, 15) is 8.42 Å². The van der Waals surface area contributed by atoms with Gasteiger partial charge >= 0.3 is 0 Å². The number of hydrogen-bond donors (Lipinski definition) is 2. The minimum absolute atomic E-state index is 0.100. The molecular formula is C11H13ClN4O2S. The Balaban J connectivity index is 2.28.